The molecule has 1 saturated heterocycles. The Morgan fingerprint density at radius 3 is 2.38 bits per heavy atom. The third-order valence-electron chi connectivity index (χ3n) is 6.40. The molecule has 9 heteroatoms. The monoisotopic (exact) mass is 502 g/mol. The number of azo groups is 1. The second-order valence-electron chi connectivity index (χ2n) is 8.66. The van der Waals surface area contributed by atoms with E-state index in [1.165, 1.54) is 12.0 Å². The molecule has 0 saturated carbocycles. The fourth-order valence-corrected chi connectivity index (χ4v) is 4.50. The van der Waals surface area contributed by atoms with Crippen LogP contribution in [-0.4, -0.2) is 44.0 Å². The predicted octanol–water partition coefficient (Wildman–Crippen LogP) is 5.71. The van der Waals surface area contributed by atoms with Gasteiger partial charge in [-0.25, -0.2) is 9.59 Å². The summed E-state index contributed by atoms with van der Waals surface area (Å²) in [5.41, 5.74) is 2.17. The van der Waals surface area contributed by atoms with Gasteiger partial charge in [-0.05, 0) is 47.9 Å². The highest BCUT2D eigenvalue weighted by atomic mass is 16.6. The highest BCUT2D eigenvalue weighted by molar-refractivity contribution is 5.72. The van der Waals surface area contributed by atoms with E-state index in [9.17, 15) is 9.59 Å². The second-order valence-corrected chi connectivity index (χ2v) is 8.66. The number of hydrogen-bond donors (Lipinski definition) is 1. The van der Waals surface area contributed by atoms with Gasteiger partial charge >= 0.3 is 12.2 Å². The van der Waals surface area contributed by atoms with Gasteiger partial charge in [-0.1, -0.05) is 54.6 Å². The normalized spacial score (nSPS) is 19.0. The summed E-state index contributed by atoms with van der Waals surface area (Å²) in [5, 5.41) is 12.2. The first-order chi connectivity index (χ1) is 18.0. The maximum Gasteiger partial charge on any atom is 0.411 e. The Morgan fingerprint density at radius 1 is 1.00 bits per heavy atom. The molecule has 37 heavy (non-hydrogen) atoms. The Kier molecular flexibility index (Phi) is 8.02. The molecule has 4 rings (SSSR count). The number of benzene rings is 3. The van der Waals surface area contributed by atoms with E-state index in [-0.39, 0.29) is 6.61 Å². The van der Waals surface area contributed by atoms with Crippen molar-refractivity contribution in [3.8, 4) is 5.75 Å². The Labute approximate surface area is 216 Å². The van der Waals surface area contributed by atoms with E-state index in [2.05, 4.69) is 10.4 Å². The van der Waals surface area contributed by atoms with Crippen LogP contribution >= 0.6 is 0 Å². The highest BCUT2D eigenvalue weighted by Gasteiger charge is 2.53. The Bertz CT molecular complexity index is 1250. The molecule has 1 aliphatic rings. The summed E-state index contributed by atoms with van der Waals surface area (Å²) < 4.78 is 15.7. The number of rotatable bonds is 7. The van der Waals surface area contributed by atoms with Crippen LogP contribution < -0.4 is 10.1 Å². The Balaban J connectivity index is 1.70. The van der Waals surface area contributed by atoms with E-state index in [4.69, 9.17) is 19.3 Å². The van der Waals surface area contributed by atoms with Crippen molar-refractivity contribution in [3.05, 3.63) is 95.6 Å². The van der Waals surface area contributed by atoms with Gasteiger partial charge in [0.2, 0.25) is 0 Å². The van der Waals surface area contributed by atoms with E-state index in [0.29, 0.717) is 24.4 Å². The minimum atomic E-state index is -1.08. The van der Waals surface area contributed by atoms with Crippen LogP contribution in [0.3, 0.4) is 0 Å². The number of likely N-dealkylation sites (tertiary alicyclic amines) is 1. The van der Waals surface area contributed by atoms with Crippen LogP contribution in [0.25, 0.3) is 0 Å². The molecule has 1 fully saturated rings. The number of ether oxygens (including phenoxy) is 3. The van der Waals surface area contributed by atoms with Gasteiger partial charge in [-0.2, -0.15) is 10.2 Å². The lowest BCUT2D eigenvalue weighted by Crippen LogP contribution is -2.55. The Morgan fingerprint density at radius 2 is 1.70 bits per heavy atom. The van der Waals surface area contributed by atoms with Crippen molar-refractivity contribution in [1.82, 2.24) is 10.2 Å². The molecule has 0 aromatic heterocycles. The van der Waals surface area contributed by atoms with Gasteiger partial charge in [0.05, 0.1) is 19.9 Å². The lowest BCUT2D eigenvalue weighted by atomic mass is 9.84. The van der Waals surface area contributed by atoms with Gasteiger partial charge in [-0.15, -0.1) is 0 Å². The first-order valence-corrected chi connectivity index (χ1v) is 11.9. The largest absolute Gasteiger partial charge is 0.497 e. The molecule has 3 aromatic rings. The van der Waals surface area contributed by atoms with Crippen molar-refractivity contribution in [1.29, 1.82) is 0 Å². The average Bonchev–Trinajstić information content (AvgIpc) is 3.30. The summed E-state index contributed by atoms with van der Waals surface area (Å²) in [4.78, 5) is 27.2. The lowest BCUT2D eigenvalue weighted by molar-refractivity contribution is 0.0881. The molecule has 2 atom stereocenters. The topological polar surface area (TPSA) is 102 Å². The third kappa shape index (κ3) is 5.72. The smallest absolute Gasteiger partial charge is 0.411 e. The molecule has 192 valence electrons. The minimum absolute atomic E-state index is 0.0857. The number of hydrogen-bond acceptors (Lipinski definition) is 7. The predicted molar refractivity (Wildman–Crippen MR) is 138 cm³/mol. The molecule has 0 radical (unpaired) electrons. The van der Waals surface area contributed by atoms with Crippen molar-refractivity contribution in [2.24, 2.45) is 10.2 Å². The van der Waals surface area contributed by atoms with E-state index in [1.54, 1.807) is 31.4 Å². The van der Waals surface area contributed by atoms with Crippen LogP contribution in [0, 0.1) is 6.92 Å². The van der Waals surface area contributed by atoms with Crippen molar-refractivity contribution < 1.29 is 23.8 Å². The van der Waals surface area contributed by atoms with E-state index in [1.807, 2.05) is 61.5 Å². The SMILES string of the molecule is COC(=O)N1CC[C@](/N=N/c2ccc(OC)cc2)(c2ccccc2C)C1NC(=O)OCc1ccccc1. The summed E-state index contributed by atoms with van der Waals surface area (Å²) in [5.74, 6) is 0.700. The van der Waals surface area contributed by atoms with Crippen molar-refractivity contribution >= 4 is 17.9 Å². The number of nitrogens with one attached hydrogen (secondary N) is 1. The maximum atomic E-state index is 13.0. The van der Waals surface area contributed by atoms with E-state index >= 15 is 0 Å². The molecular formula is C28H30N4O5. The van der Waals surface area contributed by atoms with Crippen LogP contribution in [0.4, 0.5) is 15.3 Å². The number of carbonyl (C=O) groups is 2. The zero-order valence-electron chi connectivity index (χ0n) is 21.1. The molecule has 1 aliphatic heterocycles. The summed E-state index contributed by atoms with van der Waals surface area (Å²) in [6.07, 6.45) is -1.74. The first-order valence-electron chi connectivity index (χ1n) is 11.9. The van der Waals surface area contributed by atoms with Gasteiger partial charge in [0.25, 0.3) is 0 Å². The first kappa shape index (κ1) is 25.7. The summed E-state index contributed by atoms with van der Waals surface area (Å²) in [7, 11) is 2.90. The number of nitrogens with zero attached hydrogens (tertiary/aromatic N) is 3. The second kappa shape index (κ2) is 11.6. The van der Waals surface area contributed by atoms with E-state index in [0.717, 1.165) is 16.7 Å². The Hall–Kier alpha value is -4.40. The molecule has 3 aromatic carbocycles. The van der Waals surface area contributed by atoms with E-state index < -0.39 is 23.9 Å². The maximum absolute atomic E-state index is 13.0. The van der Waals surface area contributed by atoms with Gasteiger partial charge < -0.3 is 14.2 Å². The molecule has 0 spiro atoms. The summed E-state index contributed by atoms with van der Waals surface area (Å²) in [6.45, 7) is 2.35. The van der Waals surface area contributed by atoms with Crippen molar-refractivity contribution in [3.63, 3.8) is 0 Å². The van der Waals surface area contributed by atoms with Crippen molar-refractivity contribution in [2.75, 3.05) is 20.8 Å². The molecular weight excluding hydrogens is 472 g/mol. The third-order valence-corrected chi connectivity index (χ3v) is 6.40. The van der Waals surface area contributed by atoms with Crippen LogP contribution in [-0.2, 0) is 21.6 Å². The van der Waals surface area contributed by atoms with Crippen LogP contribution in [0.2, 0.25) is 0 Å². The number of carbonyl (C=O) groups excluding carboxylic acids is 2. The zero-order chi connectivity index (χ0) is 26.3. The van der Waals surface area contributed by atoms with Crippen LogP contribution in [0.15, 0.2) is 89.1 Å². The number of amides is 2. The molecule has 1 N–H and O–H groups in total. The van der Waals surface area contributed by atoms with Crippen molar-refractivity contribution in [2.45, 2.75) is 31.7 Å². The highest BCUT2D eigenvalue weighted by Crippen LogP contribution is 2.43. The number of aryl methyl sites for hydroxylation is 1. The quantitative estimate of drug-likeness (QED) is 0.417. The van der Waals surface area contributed by atoms with Gasteiger partial charge in [0.1, 0.15) is 24.1 Å². The van der Waals surface area contributed by atoms with Crippen LogP contribution in [0.5, 0.6) is 5.75 Å². The fourth-order valence-electron chi connectivity index (χ4n) is 4.50. The molecule has 1 heterocycles. The van der Waals surface area contributed by atoms with Gasteiger partial charge in [-0.3, -0.25) is 10.2 Å². The number of alkyl carbamates (subject to hydrolysis) is 1. The number of methoxy groups -OCH3 is 2. The molecule has 0 bridgehead atoms. The minimum Gasteiger partial charge on any atom is -0.497 e. The van der Waals surface area contributed by atoms with Gasteiger partial charge in [0, 0.05) is 13.0 Å². The molecule has 2 amide bonds. The fraction of sp³-hybridized carbons (Fsp3) is 0.286. The lowest BCUT2D eigenvalue weighted by Gasteiger charge is -2.35. The zero-order valence-corrected chi connectivity index (χ0v) is 21.1. The standard InChI is InChI=1S/C28H30N4O5/c1-20-9-7-8-12-24(20)28(31-30-22-13-15-23(35-2)16-14-22)17-18-32(27(34)36-3)25(28)29-26(33)37-19-21-10-5-4-6-11-21/h4-16,25H,17-19H2,1-3H3,(H,29,33)/b31-30+/t25?,28-/m0/s1. The average molecular weight is 503 g/mol. The van der Waals surface area contributed by atoms with Crippen LogP contribution in [0.1, 0.15) is 23.1 Å². The summed E-state index contributed by atoms with van der Waals surface area (Å²) in [6, 6.07) is 24.3. The molecule has 1 unspecified atom stereocenters. The molecule has 0 aliphatic carbocycles. The summed E-state index contributed by atoms with van der Waals surface area (Å²) >= 11 is 0. The van der Waals surface area contributed by atoms with Gasteiger partial charge in [0.15, 0.2) is 0 Å². The molecule has 9 nitrogen and oxygen atoms in total.